The summed E-state index contributed by atoms with van der Waals surface area (Å²) in [4.78, 5) is 20.4. The Labute approximate surface area is 109 Å². The lowest BCUT2D eigenvalue weighted by atomic mass is 10.2. The summed E-state index contributed by atoms with van der Waals surface area (Å²) in [6.07, 6.45) is 4.90. The summed E-state index contributed by atoms with van der Waals surface area (Å²) in [5.41, 5.74) is 7.00. The third-order valence-electron chi connectivity index (χ3n) is 2.25. The quantitative estimate of drug-likeness (QED) is 0.819. The number of nitrogens with two attached hydrogens (primary N) is 1. The SMILES string of the molecule is CNC(=O)c1ccc(Sc2cnccn2)c(N)c1. The van der Waals surface area contributed by atoms with E-state index in [0.717, 1.165) is 9.92 Å². The normalized spacial score (nSPS) is 10.1. The number of anilines is 1. The van der Waals surface area contributed by atoms with Gasteiger partial charge >= 0.3 is 0 Å². The van der Waals surface area contributed by atoms with E-state index < -0.39 is 0 Å². The van der Waals surface area contributed by atoms with Gasteiger partial charge in [-0.2, -0.15) is 0 Å². The van der Waals surface area contributed by atoms with Crippen molar-refractivity contribution in [3.63, 3.8) is 0 Å². The summed E-state index contributed by atoms with van der Waals surface area (Å²) < 4.78 is 0. The van der Waals surface area contributed by atoms with Gasteiger partial charge in [0.2, 0.25) is 0 Å². The molecule has 0 bridgehead atoms. The Kier molecular flexibility index (Phi) is 3.78. The van der Waals surface area contributed by atoms with E-state index in [1.165, 1.54) is 11.8 Å². The Morgan fingerprint density at radius 3 is 2.83 bits per heavy atom. The average Bonchev–Trinajstić information content (AvgIpc) is 2.41. The molecule has 6 heteroatoms. The maximum Gasteiger partial charge on any atom is 0.251 e. The van der Waals surface area contributed by atoms with E-state index in [0.29, 0.717) is 11.3 Å². The summed E-state index contributed by atoms with van der Waals surface area (Å²) in [7, 11) is 1.58. The highest BCUT2D eigenvalue weighted by molar-refractivity contribution is 7.99. The lowest BCUT2D eigenvalue weighted by Gasteiger charge is -2.06. The first-order chi connectivity index (χ1) is 8.70. The minimum atomic E-state index is -0.155. The molecule has 0 unspecified atom stereocenters. The number of nitrogens with zero attached hydrogens (tertiary/aromatic N) is 2. The second-order valence-corrected chi connectivity index (χ2v) is 4.54. The second-order valence-electron chi connectivity index (χ2n) is 3.48. The number of hydrogen-bond donors (Lipinski definition) is 2. The third-order valence-corrected chi connectivity index (χ3v) is 3.26. The van der Waals surface area contributed by atoms with Crippen LogP contribution >= 0.6 is 11.8 Å². The van der Waals surface area contributed by atoms with E-state index in [4.69, 9.17) is 5.73 Å². The van der Waals surface area contributed by atoms with Gasteiger partial charge in [-0.05, 0) is 18.2 Å². The van der Waals surface area contributed by atoms with Crippen LogP contribution in [0.25, 0.3) is 0 Å². The Hall–Kier alpha value is -2.08. The molecule has 0 radical (unpaired) electrons. The molecule has 0 saturated heterocycles. The molecule has 1 aromatic heterocycles. The first kappa shape index (κ1) is 12.4. The molecule has 1 aromatic carbocycles. The van der Waals surface area contributed by atoms with Gasteiger partial charge in [0.25, 0.3) is 5.91 Å². The van der Waals surface area contributed by atoms with Gasteiger partial charge < -0.3 is 11.1 Å². The number of carbonyl (C=O) groups excluding carboxylic acids is 1. The van der Waals surface area contributed by atoms with E-state index in [9.17, 15) is 4.79 Å². The van der Waals surface area contributed by atoms with Crippen LogP contribution in [-0.4, -0.2) is 22.9 Å². The van der Waals surface area contributed by atoms with Crippen molar-refractivity contribution in [2.45, 2.75) is 9.92 Å². The Morgan fingerprint density at radius 2 is 2.22 bits per heavy atom. The number of rotatable bonds is 3. The summed E-state index contributed by atoms with van der Waals surface area (Å²) in [5.74, 6) is -0.155. The second kappa shape index (κ2) is 5.50. The molecule has 0 aliphatic carbocycles. The number of nitrogen functional groups attached to an aromatic ring is 1. The molecule has 0 aliphatic rings. The van der Waals surface area contributed by atoms with E-state index >= 15 is 0 Å². The van der Waals surface area contributed by atoms with Crippen LogP contribution in [0.15, 0.2) is 46.7 Å². The zero-order valence-electron chi connectivity index (χ0n) is 9.75. The van der Waals surface area contributed by atoms with E-state index in [2.05, 4.69) is 15.3 Å². The van der Waals surface area contributed by atoms with Gasteiger partial charge in [0.05, 0.1) is 6.20 Å². The highest BCUT2D eigenvalue weighted by atomic mass is 32.2. The Balaban J connectivity index is 2.23. The lowest BCUT2D eigenvalue weighted by molar-refractivity contribution is 0.0963. The fourth-order valence-electron chi connectivity index (χ4n) is 1.38. The molecule has 92 valence electrons. The predicted octanol–water partition coefficient (Wildman–Crippen LogP) is 1.57. The highest BCUT2D eigenvalue weighted by Crippen LogP contribution is 2.30. The average molecular weight is 260 g/mol. The van der Waals surface area contributed by atoms with Crippen molar-refractivity contribution in [3.05, 3.63) is 42.4 Å². The molecule has 3 N–H and O–H groups in total. The number of hydrogen-bond acceptors (Lipinski definition) is 5. The molecule has 1 heterocycles. The van der Waals surface area contributed by atoms with E-state index in [-0.39, 0.29) is 5.91 Å². The standard InChI is InChI=1S/C12H12N4OS/c1-14-12(17)8-2-3-10(9(13)6-8)18-11-7-15-4-5-16-11/h2-7H,13H2,1H3,(H,14,17). The highest BCUT2D eigenvalue weighted by Gasteiger charge is 2.08. The van der Waals surface area contributed by atoms with Crippen LogP contribution in [0.1, 0.15) is 10.4 Å². The van der Waals surface area contributed by atoms with Crippen LogP contribution in [0.5, 0.6) is 0 Å². The van der Waals surface area contributed by atoms with Crippen molar-refractivity contribution in [3.8, 4) is 0 Å². The van der Waals surface area contributed by atoms with Gasteiger partial charge in [-0.1, -0.05) is 11.8 Å². The van der Waals surface area contributed by atoms with Crippen molar-refractivity contribution in [1.29, 1.82) is 0 Å². The van der Waals surface area contributed by atoms with Crippen LogP contribution in [0.4, 0.5) is 5.69 Å². The van der Waals surface area contributed by atoms with Gasteiger partial charge in [-0.15, -0.1) is 0 Å². The number of carbonyl (C=O) groups is 1. The fraction of sp³-hybridized carbons (Fsp3) is 0.0833. The molecule has 2 rings (SSSR count). The molecular weight excluding hydrogens is 248 g/mol. The summed E-state index contributed by atoms with van der Waals surface area (Å²) in [6, 6.07) is 5.19. The molecule has 0 atom stereocenters. The minimum Gasteiger partial charge on any atom is -0.398 e. The molecular formula is C12H12N4OS. The topological polar surface area (TPSA) is 80.9 Å². The first-order valence-electron chi connectivity index (χ1n) is 5.26. The van der Waals surface area contributed by atoms with Crippen molar-refractivity contribution in [2.24, 2.45) is 0 Å². The van der Waals surface area contributed by atoms with E-state index in [1.807, 2.05) is 0 Å². The number of benzene rings is 1. The van der Waals surface area contributed by atoms with Gasteiger partial charge in [-0.3, -0.25) is 9.78 Å². The van der Waals surface area contributed by atoms with Crippen LogP contribution in [-0.2, 0) is 0 Å². The van der Waals surface area contributed by atoms with Gasteiger partial charge in [0.15, 0.2) is 0 Å². The third kappa shape index (κ3) is 2.78. The van der Waals surface area contributed by atoms with E-state index in [1.54, 1.807) is 43.8 Å². The lowest BCUT2D eigenvalue weighted by Crippen LogP contribution is -2.17. The monoisotopic (exact) mass is 260 g/mol. The zero-order valence-corrected chi connectivity index (χ0v) is 10.6. The zero-order chi connectivity index (χ0) is 13.0. The number of amides is 1. The molecule has 5 nitrogen and oxygen atoms in total. The maximum absolute atomic E-state index is 11.4. The van der Waals surface area contributed by atoms with Crippen LogP contribution in [0, 0.1) is 0 Å². The van der Waals surface area contributed by atoms with Gasteiger partial charge in [0, 0.05) is 35.6 Å². The van der Waals surface area contributed by atoms with Crippen LogP contribution < -0.4 is 11.1 Å². The maximum atomic E-state index is 11.4. The molecule has 0 fully saturated rings. The molecule has 0 aliphatic heterocycles. The number of aromatic nitrogens is 2. The fourth-order valence-corrected chi connectivity index (χ4v) is 2.14. The van der Waals surface area contributed by atoms with Crippen LogP contribution in [0.3, 0.4) is 0 Å². The molecule has 18 heavy (non-hydrogen) atoms. The first-order valence-corrected chi connectivity index (χ1v) is 6.08. The Morgan fingerprint density at radius 1 is 1.39 bits per heavy atom. The largest absolute Gasteiger partial charge is 0.398 e. The summed E-state index contributed by atoms with van der Waals surface area (Å²) in [6.45, 7) is 0. The van der Waals surface area contributed by atoms with Crippen molar-refractivity contribution in [1.82, 2.24) is 15.3 Å². The molecule has 0 spiro atoms. The summed E-state index contributed by atoms with van der Waals surface area (Å²) >= 11 is 1.41. The van der Waals surface area contributed by atoms with Crippen LogP contribution in [0.2, 0.25) is 0 Å². The Bertz CT molecular complexity index is 559. The minimum absolute atomic E-state index is 0.155. The van der Waals surface area contributed by atoms with Gasteiger partial charge in [-0.25, -0.2) is 4.98 Å². The molecule has 2 aromatic rings. The number of nitrogens with one attached hydrogen (secondary N) is 1. The van der Waals surface area contributed by atoms with Crippen molar-refractivity contribution >= 4 is 23.4 Å². The van der Waals surface area contributed by atoms with Crippen molar-refractivity contribution in [2.75, 3.05) is 12.8 Å². The summed E-state index contributed by atoms with van der Waals surface area (Å²) in [5, 5.41) is 3.32. The smallest absolute Gasteiger partial charge is 0.251 e. The molecule has 1 amide bonds. The van der Waals surface area contributed by atoms with Gasteiger partial charge in [0.1, 0.15) is 5.03 Å². The van der Waals surface area contributed by atoms with Crippen molar-refractivity contribution < 1.29 is 4.79 Å². The predicted molar refractivity (Wildman–Crippen MR) is 70.4 cm³/mol. The molecule has 0 saturated carbocycles.